The number of hydrogen-bond acceptors (Lipinski definition) is 4. The van der Waals surface area contributed by atoms with E-state index in [2.05, 4.69) is 98.6 Å². The summed E-state index contributed by atoms with van der Waals surface area (Å²) in [5, 5.41) is 9.30. The topological polar surface area (TPSA) is 24.7 Å². The van der Waals surface area contributed by atoms with Crippen molar-refractivity contribution < 1.29 is 0 Å². The van der Waals surface area contributed by atoms with Gasteiger partial charge >= 0.3 is 0 Å². The van der Waals surface area contributed by atoms with Crippen LogP contribution in [0.2, 0.25) is 0 Å². The summed E-state index contributed by atoms with van der Waals surface area (Å²) < 4.78 is 0. The second-order valence-electron chi connectivity index (χ2n) is 7.88. The van der Waals surface area contributed by atoms with Gasteiger partial charge in [-0.25, -0.2) is 0 Å². The molecule has 0 aliphatic rings. The number of rotatable bonds is 6. The van der Waals surface area contributed by atoms with Crippen LogP contribution in [0.3, 0.4) is 0 Å². The molecule has 2 nitrogen and oxygen atoms in total. The highest BCUT2D eigenvalue weighted by atomic mass is 32.2. The summed E-state index contributed by atoms with van der Waals surface area (Å²) in [5.74, 6) is 0. The van der Waals surface area contributed by atoms with E-state index in [0.29, 0.717) is 0 Å². The van der Waals surface area contributed by atoms with Gasteiger partial charge in [0.2, 0.25) is 0 Å². The van der Waals surface area contributed by atoms with E-state index in [1.54, 1.807) is 23.5 Å². The molecule has 160 valence electrons. The van der Waals surface area contributed by atoms with Crippen LogP contribution in [0.25, 0.3) is 0 Å². The summed E-state index contributed by atoms with van der Waals surface area (Å²) in [6, 6.07) is 29.5. The Morgan fingerprint density at radius 3 is 1.28 bits per heavy atom. The van der Waals surface area contributed by atoms with Gasteiger partial charge in [0.25, 0.3) is 0 Å². The molecule has 0 bridgehead atoms. The molecule has 0 aromatic heterocycles. The first-order chi connectivity index (χ1) is 15.5. The molecule has 0 unspecified atom stereocenters. The van der Waals surface area contributed by atoms with Crippen LogP contribution in [0.5, 0.6) is 0 Å². The fourth-order valence-corrected chi connectivity index (χ4v) is 5.33. The molecule has 0 fully saturated rings. The second-order valence-corrected chi connectivity index (χ2v) is 10.0. The van der Waals surface area contributed by atoms with Crippen molar-refractivity contribution in [2.75, 3.05) is 0 Å². The number of aryl methyl sites for hydroxylation is 4. The first-order valence-corrected chi connectivity index (χ1v) is 12.2. The van der Waals surface area contributed by atoms with Crippen LogP contribution in [0.15, 0.2) is 115 Å². The number of nitrogens with zero attached hydrogens (tertiary/aromatic N) is 2. The summed E-state index contributed by atoms with van der Waals surface area (Å²) >= 11 is 3.47. The summed E-state index contributed by atoms with van der Waals surface area (Å²) in [5.41, 5.74) is 6.86. The second kappa shape index (κ2) is 10.2. The van der Waals surface area contributed by atoms with E-state index in [1.807, 2.05) is 24.3 Å². The van der Waals surface area contributed by atoms with Gasteiger partial charge in [-0.15, -0.1) is 10.2 Å². The summed E-state index contributed by atoms with van der Waals surface area (Å²) in [6.07, 6.45) is 0. The normalized spacial score (nSPS) is 11.2. The number of hydrogen-bond donors (Lipinski definition) is 0. The average molecular weight is 455 g/mol. The monoisotopic (exact) mass is 454 g/mol. The van der Waals surface area contributed by atoms with Crippen molar-refractivity contribution in [3.8, 4) is 0 Å². The largest absolute Gasteiger partial charge is 0.149 e. The van der Waals surface area contributed by atoms with Crippen LogP contribution >= 0.6 is 23.5 Å². The predicted molar refractivity (Wildman–Crippen MR) is 137 cm³/mol. The van der Waals surface area contributed by atoms with E-state index in [1.165, 1.54) is 32.0 Å². The van der Waals surface area contributed by atoms with Crippen molar-refractivity contribution in [1.82, 2.24) is 0 Å². The summed E-state index contributed by atoms with van der Waals surface area (Å²) in [4.78, 5) is 4.68. The Balaban J connectivity index is 1.60. The molecule has 0 amide bonds. The van der Waals surface area contributed by atoms with Crippen LogP contribution in [-0.2, 0) is 0 Å². The minimum atomic E-state index is 0.879. The van der Waals surface area contributed by atoms with Crippen LogP contribution in [0, 0.1) is 27.7 Å². The van der Waals surface area contributed by atoms with Gasteiger partial charge in [-0.05, 0) is 75.2 Å². The zero-order chi connectivity index (χ0) is 22.5. The Morgan fingerprint density at radius 1 is 0.469 bits per heavy atom. The van der Waals surface area contributed by atoms with Gasteiger partial charge in [0.1, 0.15) is 0 Å². The zero-order valence-electron chi connectivity index (χ0n) is 18.8. The van der Waals surface area contributed by atoms with E-state index in [0.717, 1.165) is 21.2 Å². The van der Waals surface area contributed by atoms with Gasteiger partial charge < -0.3 is 0 Å². The first kappa shape index (κ1) is 22.4. The van der Waals surface area contributed by atoms with E-state index in [4.69, 9.17) is 0 Å². The number of benzene rings is 4. The smallest absolute Gasteiger partial charge is 0.0996 e. The van der Waals surface area contributed by atoms with Gasteiger partial charge in [-0.1, -0.05) is 83.2 Å². The molecule has 0 aliphatic carbocycles. The molecule has 0 N–H and O–H groups in total. The standard InChI is InChI=1S/C28H26N2S2/c1-19-13-15-25(21(3)17-19)31-27-11-7-5-9-23(27)29-30-24-10-6-8-12-28(24)32-26-16-14-20(2)18-22(26)4/h5-18H,1-4H3. The molecule has 0 atom stereocenters. The highest BCUT2D eigenvalue weighted by Gasteiger charge is 2.08. The van der Waals surface area contributed by atoms with Crippen molar-refractivity contribution in [3.05, 3.63) is 107 Å². The minimum Gasteiger partial charge on any atom is -0.149 e. The first-order valence-electron chi connectivity index (χ1n) is 10.6. The van der Waals surface area contributed by atoms with Crippen LogP contribution < -0.4 is 0 Å². The molecule has 0 heterocycles. The quantitative estimate of drug-likeness (QED) is 0.271. The lowest BCUT2D eigenvalue weighted by Crippen LogP contribution is -1.83. The molecule has 0 aliphatic heterocycles. The molecule has 4 aromatic rings. The fraction of sp³-hybridized carbons (Fsp3) is 0.143. The van der Waals surface area contributed by atoms with E-state index < -0.39 is 0 Å². The molecular formula is C28H26N2S2. The van der Waals surface area contributed by atoms with Crippen molar-refractivity contribution in [2.24, 2.45) is 10.2 Å². The Bertz CT molecular complexity index is 1180. The van der Waals surface area contributed by atoms with Crippen molar-refractivity contribution in [1.29, 1.82) is 0 Å². The third kappa shape index (κ3) is 5.50. The molecule has 4 rings (SSSR count). The van der Waals surface area contributed by atoms with E-state index in [-0.39, 0.29) is 0 Å². The zero-order valence-corrected chi connectivity index (χ0v) is 20.4. The molecule has 0 saturated heterocycles. The third-order valence-electron chi connectivity index (χ3n) is 5.10. The Hall–Kier alpha value is -2.82. The SMILES string of the molecule is Cc1ccc(Sc2ccccc2N=Nc2ccccc2Sc2ccc(C)cc2C)c(C)c1. The maximum absolute atomic E-state index is 4.65. The Morgan fingerprint density at radius 2 is 0.875 bits per heavy atom. The van der Waals surface area contributed by atoms with Gasteiger partial charge in [0, 0.05) is 19.6 Å². The van der Waals surface area contributed by atoms with Crippen LogP contribution in [-0.4, -0.2) is 0 Å². The lowest BCUT2D eigenvalue weighted by atomic mass is 10.2. The van der Waals surface area contributed by atoms with Gasteiger partial charge in [0.15, 0.2) is 0 Å². The van der Waals surface area contributed by atoms with Crippen molar-refractivity contribution in [3.63, 3.8) is 0 Å². The van der Waals surface area contributed by atoms with Crippen LogP contribution in [0.4, 0.5) is 11.4 Å². The molecule has 4 aromatic carbocycles. The summed E-state index contributed by atoms with van der Waals surface area (Å²) in [6.45, 7) is 8.55. The fourth-order valence-electron chi connectivity index (χ4n) is 3.42. The molecule has 4 heteroatoms. The van der Waals surface area contributed by atoms with Gasteiger partial charge in [-0.3, -0.25) is 0 Å². The maximum Gasteiger partial charge on any atom is 0.0996 e. The average Bonchev–Trinajstić information content (AvgIpc) is 2.78. The Labute approximate surface area is 199 Å². The minimum absolute atomic E-state index is 0.879. The summed E-state index contributed by atoms with van der Waals surface area (Å²) in [7, 11) is 0. The molecular weight excluding hydrogens is 428 g/mol. The highest BCUT2D eigenvalue weighted by molar-refractivity contribution is 7.99. The van der Waals surface area contributed by atoms with Gasteiger partial charge in [0.05, 0.1) is 11.4 Å². The molecule has 0 spiro atoms. The Kier molecular flexibility index (Phi) is 7.13. The van der Waals surface area contributed by atoms with Gasteiger partial charge in [-0.2, -0.15) is 0 Å². The number of azo groups is 1. The third-order valence-corrected chi connectivity index (χ3v) is 7.58. The molecule has 0 radical (unpaired) electrons. The molecule has 32 heavy (non-hydrogen) atoms. The lowest BCUT2D eigenvalue weighted by molar-refractivity contribution is 1.16. The van der Waals surface area contributed by atoms with E-state index in [9.17, 15) is 0 Å². The predicted octanol–water partition coefficient (Wildman–Crippen LogP) is 9.64. The maximum atomic E-state index is 4.65. The van der Waals surface area contributed by atoms with Crippen LogP contribution in [0.1, 0.15) is 22.3 Å². The molecule has 0 saturated carbocycles. The van der Waals surface area contributed by atoms with Crippen molar-refractivity contribution in [2.45, 2.75) is 47.3 Å². The van der Waals surface area contributed by atoms with Crippen molar-refractivity contribution >= 4 is 34.9 Å². The highest BCUT2D eigenvalue weighted by Crippen LogP contribution is 2.40. The van der Waals surface area contributed by atoms with E-state index >= 15 is 0 Å². The lowest BCUT2D eigenvalue weighted by Gasteiger charge is -2.09.